The van der Waals surface area contributed by atoms with Crippen molar-refractivity contribution in [2.75, 3.05) is 5.01 Å². The number of amides is 1. The summed E-state index contributed by atoms with van der Waals surface area (Å²) in [4.78, 5) is 12.6. The molecule has 1 aliphatic heterocycles. The molecule has 0 aromatic heterocycles. The van der Waals surface area contributed by atoms with Gasteiger partial charge in [0.1, 0.15) is 5.75 Å². The highest BCUT2D eigenvalue weighted by Crippen LogP contribution is 2.32. The molecule has 1 aliphatic rings. The van der Waals surface area contributed by atoms with E-state index >= 15 is 0 Å². The second-order valence-corrected chi connectivity index (χ2v) is 7.05. The van der Waals surface area contributed by atoms with Crippen molar-refractivity contribution in [1.29, 1.82) is 0 Å². The van der Waals surface area contributed by atoms with Gasteiger partial charge in [-0.1, -0.05) is 18.2 Å². The van der Waals surface area contributed by atoms with Gasteiger partial charge in [0, 0.05) is 0 Å². The van der Waals surface area contributed by atoms with Crippen LogP contribution in [0.2, 0.25) is 0 Å². The van der Waals surface area contributed by atoms with Gasteiger partial charge in [-0.2, -0.15) is 10.1 Å². The maximum Gasteiger partial charge on any atom is 0.280 e. The van der Waals surface area contributed by atoms with E-state index < -0.39 is 0 Å². The van der Waals surface area contributed by atoms with Gasteiger partial charge in [0.25, 0.3) is 5.91 Å². The first-order valence-electron chi connectivity index (χ1n) is 6.82. The molecule has 0 spiro atoms. The van der Waals surface area contributed by atoms with E-state index in [-0.39, 0.29) is 11.7 Å². The van der Waals surface area contributed by atoms with Crippen LogP contribution in [0.3, 0.4) is 0 Å². The van der Waals surface area contributed by atoms with Crippen LogP contribution in [-0.2, 0) is 4.79 Å². The van der Waals surface area contributed by atoms with Crippen LogP contribution in [-0.4, -0.2) is 16.7 Å². The average molecular weight is 483 g/mol. The molecule has 0 atom stereocenters. The number of aromatic hydroxyl groups is 1. The number of hydrogen-bond donors (Lipinski definition) is 1. The summed E-state index contributed by atoms with van der Waals surface area (Å²) in [6.07, 6.45) is 1.79. The number of carbonyl (C=O) groups excluding carboxylic acids is 1. The predicted molar refractivity (Wildman–Crippen MR) is 104 cm³/mol. The average Bonchev–Trinajstić information content (AvgIpc) is 2.81. The minimum atomic E-state index is -0.159. The molecule has 0 unspecified atom stereocenters. The second kappa shape index (κ2) is 6.45. The van der Waals surface area contributed by atoms with Crippen molar-refractivity contribution in [3.8, 4) is 5.75 Å². The lowest BCUT2D eigenvalue weighted by molar-refractivity contribution is -0.114. The van der Waals surface area contributed by atoms with Gasteiger partial charge in [-0.05, 0) is 81.3 Å². The number of carbonyl (C=O) groups is 1. The fraction of sp³-hybridized carbons (Fsp3) is 0.0588. The maximum absolute atomic E-state index is 12.6. The molecule has 23 heavy (non-hydrogen) atoms. The highest BCUT2D eigenvalue weighted by Gasteiger charge is 2.28. The van der Waals surface area contributed by atoms with Crippen molar-refractivity contribution in [1.82, 2.24) is 0 Å². The highest BCUT2D eigenvalue weighted by molar-refractivity contribution is 14.1. The topological polar surface area (TPSA) is 52.9 Å². The Labute approximate surface area is 155 Å². The van der Waals surface area contributed by atoms with Crippen LogP contribution < -0.4 is 5.01 Å². The number of phenolic OH excluding ortho intramolecular Hbond substituents is 1. The van der Waals surface area contributed by atoms with E-state index in [0.717, 1.165) is 11.3 Å². The first-order valence-corrected chi connectivity index (χ1v) is 8.69. The van der Waals surface area contributed by atoms with Crippen molar-refractivity contribution in [3.05, 3.63) is 61.6 Å². The van der Waals surface area contributed by atoms with Gasteiger partial charge in [-0.15, -0.1) is 0 Å². The number of nitrogens with zero attached hydrogens (tertiary/aromatic N) is 2. The summed E-state index contributed by atoms with van der Waals surface area (Å²) >= 11 is 5.37. The number of halogens is 2. The van der Waals surface area contributed by atoms with Crippen LogP contribution in [0.25, 0.3) is 6.08 Å². The number of hydrazone groups is 1. The zero-order valence-corrected chi connectivity index (χ0v) is 15.9. The predicted octanol–water partition coefficient (Wildman–Crippen LogP) is 4.57. The van der Waals surface area contributed by atoms with Gasteiger partial charge >= 0.3 is 0 Å². The second-order valence-electron chi connectivity index (χ2n) is 5.03. The summed E-state index contributed by atoms with van der Waals surface area (Å²) in [5.74, 6) is 0.0368. The third-order valence-electron chi connectivity index (χ3n) is 3.41. The standard InChI is InChI=1S/C17H12BrIN2O2/c1-10-13(7-11-8-14(18)16(22)15(19)9-11)17(23)21(20-10)12-5-3-2-4-6-12/h2-9,22H,1H3/b13-7+. The number of para-hydroxylation sites is 1. The molecular formula is C17H12BrIN2O2. The van der Waals surface area contributed by atoms with E-state index in [1.807, 2.05) is 43.3 Å². The molecule has 1 heterocycles. The quantitative estimate of drug-likeness (QED) is 0.503. The SMILES string of the molecule is CC1=NN(c2ccccc2)C(=O)/C1=C/c1cc(Br)c(O)c(I)c1. The molecule has 2 aromatic rings. The molecule has 0 bridgehead atoms. The van der Waals surface area contributed by atoms with Crippen molar-refractivity contribution >= 4 is 61.9 Å². The number of rotatable bonds is 2. The Balaban J connectivity index is 1.99. The number of phenols is 1. The Hall–Kier alpha value is -1.67. The molecule has 1 N–H and O–H groups in total. The molecule has 0 radical (unpaired) electrons. The zero-order chi connectivity index (χ0) is 16.6. The fourth-order valence-corrected chi connectivity index (χ4v) is 3.76. The molecule has 4 nitrogen and oxygen atoms in total. The smallest absolute Gasteiger partial charge is 0.280 e. The van der Waals surface area contributed by atoms with Crippen LogP contribution >= 0.6 is 38.5 Å². The highest BCUT2D eigenvalue weighted by atomic mass is 127. The first kappa shape index (κ1) is 16.2. The molecule has 6 heteroatoms. The van der Waals surface area contributed by atoms with Gasteiger partial charge in [0.15, 0.2) is 0 Å². The Morgan fingerprint density at radius 1 is 1.26 bits per heavy atom. The summed E-state index contributed by atoms with van der Waals surface area (Å²) < 4.78 is 1.31. The zero-order valence-electron chi connectivity index (χ0n) is 12.1. The normalized spacial score (nSPS) is 16.1. The van der Waals surface area contributed by atoms with E-state index in [1.54, 1.807) is 12.1 Å². The minimum absolute atomic E-state index is 0.159. The van der Waals surface area contributed by atoms with Crippen LogP contribution in [0.4, 0.5) is 5.69 Å². The van der Waals surface area contributed by atoms with Crippen LogP contribution in [0, 0.1) is 3.57 Å². The summed E-state index contributed by atoms with van der Waals surface area (Å²) in [5, 5.41) is 15.6. The number of anilines is 1. The van der Waals surface area contributed by atoms with Crippen LogP contribution in [0.1, 0.15) is 12.5 Å². The lowest BCUT2D eigenvalue weighted by Gasteiger charge is -2.11. The molecular weight excluding hydrogens is 471 g/mol. The fourth-order valence-electron chi connectivity index (χ4n) is 2.26. The van der Waals surface area contributed by atoms with Gasteiger partial charge in [-0.3, -0.25) is 4.79 Å². The van der Waals surface area contributed by atoms with E-state index in [0.29, 0.717) is 19.3 Å². The Bertz CT molecular complexity index is 824. The molecule has 3 rings (SSSR count). The van der Waals surface area contributed by atoms with Crippen molar-refractivity contribution in [2.45, 2.75) is 6.92 Å². The minimum Gasteiger partial charge on any atom is -0.506 e. The van der Waals surface area contributed by atoms with Crippen LogP contribution in [0.5, 0.6) is 5.75 Å². The summed E-state index contributed by atoms with van der Waals surface area (Å²) in [5.41, 5.74) is 2.77. The molecule has 2 aromatic carbocycles. The molecule has 0 aliphatic carbocycles. The molecule has 0 fully saturated rings. The first-order chi connectivity index (χ1) is 11.0. The molecule has 1 amide bonds. The van der Waals surface area contributed by atoms with Crippen molar-refractivity contribution in [2.24, 2.45) is 5.10 Å². The Kier molecular flexibility index (Phi) is 4.54. The van der Waals surface area contributed by atoms with Crippen LogP contribution in [0.15, 0.2) is 57.6 Å². The number of benzene rings is 2. The van der Waals surface area contributed by atoms with E-state index in [4.69, 9.17) is 0 Å². The Morgan fingerprint density at radius 2 is 1.96 bits per heavy atom. The Morgan fingerprint density at radius 3 is 2.61 bits per heavy atom. The third-order valence-corrected chi connectivity index (χ3v) is 4.84. The summed E-state index contributed by atoms with van der Waals surface area (Å²) in [7, 11) is 0. The van der Waals surface area contributed by atoms with Crippen molar-refractivity contribution < 1.29 is 9.90 Å². The maximum atomic E-state index is 12.6. The summed E-state index contributed by atoms with van der Waals surface area (Å²) in [6, 6.07) is 12.9. The van der Waals surface area contributed by atoms with E-state index in [2.05, 4.69) is 43.6 Å². The lowest BCUT2D eigenvalue weighted by atomic mass is 10.1. The van der Waals surface area contributed by atoms with Crippen molar-refractivity contribution in [3.63, 3.8) is 0 Å². The van der Waals surface area contributed by atoms with Gasteiger partial charge in [0.05, 0.1) is 25.0 Å². The van der Waals surface area contributed by atoms with E-state index in [9.17, 15) is 9.90 Å². The molecule has 116 valence electrons. The monoisotopic (exact) mass is 482 g/mol. The van der Waals surface area contributed by atoms with Gasteiger partial charge in [-0.25, -0.2) is 0 Å². The van der Waals surface area contributed by atoms with Gasteiger partial charge < -0.3 is 5.11 Å². The summed E-state index contributed by atoms with van der Waals surface area (Å²) in [6.45, 7) is 1.81. The number of hydrogen-bond acceptors (Lipinski definition) is 3. The molecule has 0 saturated carbocycles. The van der Waals surface area contributed by atoms with Gasteiger partial charge in [0.2, 0.25) is 0 Å². The third kappa shape index (κ3) is 3.18. The molecule has 0 saturated heterocycles. The largest absolute Gasteiger partial charge is 0.506 e. The lowest BCUT2D eigenvalue weighted by Crippen LogP contribution is -2.21. The van der Waals surface area contributed by atoms with E-state index in [1.165, 1.54) is 5.01 Å².